The zero-order valence-corrected chi connectivity index (χ0v) is 11.3. The average molecular weight is 268 g/mol. The third-order valence-corrected chi connectivity index (χ3v) is 3.89. The molecule has 0 radical (unpaired) electrons. The van der Waals surface area contributed by atoms with Crippen LogP contribution in [0.25, 0.3) is 0 Å². The van der Waals surface area contributed by atoms with Gasteiger partial charge in [-0.3, -0.25) is 4.98 Å². The molecule has 0 spiro atoms. The molecule has 0 bridgehead atoms. The van der Waals surface area contributed by atoms with Gasteiger partial charge in [0.15, 0.2) is 4.34 Å². The summed E-state index contributed by atoms with van der Waals surface area (Å²) in [5.41, 5.74) is 0. The minimum absolute atomic E-state index is 0.743. The van der Waals surface area contributed by atoms with Crippen molar-refractivity contribution in [2.45, 2.75) is 9.37 Å². The Morgan fingerprint density at radius 3 is 2.76 bits per heavy atom. The van der Waals surface area contributed by atoms with Crippen molar-refractivity contribution in [2.24, 2.45) is 0 Å². The summed E-state index contributed by atoms with van der Waals surface area (Å²) in [4.78, 5) is 10.4. The van der Waals surface area contributed by atoms with E-state index in [-0.39, 0.29) is 0 Å². The number of nitrogens with one attached hydrogen (secondary N) is 1. The van der Waals surface area contributed by atoms with Gasteiger partial charge in [0.2, 0.25) is 5.13 Å². The molecule has 8 heteroatoms. The molecule has 1 N–H and O–H groups in total. The van der Waals surface area contributed by atoms with Gasteiger partial charge in [-0.25, -0.2) is 4.98 Å². The summed E-state index contributed by atoms with van der Waals surface area (Å²) in [6.45, 7) is 0. The normalized spacial score (nSPS) is 10.3. The minimum atomic E-state index is 0.743. The van der Waals surface area contributed by atoms with Crippen LogP contribution in [-0.4, -0.2) is 41.3 Å². The molecule has 2 rings (SSSR count). The zero-order valence-electron chi connectivity index (χ0n) is 9.71. The molecule has 0 atom stereocenters. The first-order chi connectivity index (χ1) is 8.19. The van der Waals surface area contributed by atoms with Crippen LogP contribution in [0.2, 0.25) is 0 Å². The predicted octanol–water partition coefficient (Wildman–Crippen LogP) is 1.59. The van der Waals surface area contributed by atoms with E-state index < -0.39 is 0 Å². The van der Waals surface area contributed by atoms with E-state index in [1.165, 1.54) is 23.1 Å². The monoisotopic (exact) mass is 268 g/mol. The fraction of sp³-hybridized carbons (Fsp3) is 0.333. The number of hydrogen-bond donors (Lipinski definition) is 1. The van der Waals surface area contributed by atoms with E-state index in [4.69, 9.17) is 0 Å². The zero-order chi connectivity index (χ0) is 12.3. The fourth-order valence-electron chi connectivity index (χ4n) is 1.03. The molecule has 0 unspecified atom stereocenters. The second kappa shape index (κ2) is 5.28. The molecule has 0 aliphatic heterocycles. The third kappa shape index (κ3) is 3.04. The Morgan fingerprint density at radius 1 is 1.29 bits per heavy atom. The Kier molecular flexibility index (Phi) is 3.75. The molecule has 0 saturated heterocycles. The van der Waals surface area contributed by atoms with Crippen molar-refractivity contribution in [3.05, 3.63) is 12.4 Å². The van der Waals surface area contributed by atoms with Crippen molar-refractivity contribution in [2.75, 3.05) is 31.4 Å². The standard InChI is InChI=1S/C9H12N6S2/c1-10-6-4-11-5-7(12-6)16-9-14-13-8(17-9)15(2)3/h4-5H,1-3H3,(H,10,12). The first-order valence-electron chi connectivity index (χ1n) is 4.87. The summed E-state index contributed by atoms with van der Waals surface area (Å²) in [6.07, 6.45) is 3.39. The van der Waals surface area contributed by atoms with E-state index >= 15 is 0 Å². The molecule has 0 aliphatic rings. The lowest BCUT2D eigenvalue weighted by Gasteiger charge is -2.03. The maximum Gasteiger partial charge on any atom is 0.208 e. The van der Waals surface area contributed by atoms with E-state index in [1.807, 2.05) is 26.0 Å². The maximum atomic E-state index is 4.36. The van der Waals surface area contributed by atoms with Gasteiger partial charge in [-0.05, 0) is 11.8 Å². The molecule has 6 nitrogen and oxygen atoms in total. The van der Waals surface area contributed by atoms with Crippen LogP contribution < -0.4 is 10.2 Å². The first-order valence-corrected chi connectivity index (χ1v) is 6.51. The lowest BCUT2D eigenvalue weighted by Crippen LogP contribution is -2.07. The van der Waals surface area contributed by atoms with Crippen molar-refractivity contribution >= 4 is 34.0 Å². The summed E-state index contributed by atoms with van der Waals surface area (Å²) in [7, 11) is 5.69. The highest BCUT2D eigenvalue weighted by molar-refractivity contribution is 8.01. The van der Waals surface area contributed by atoms with Gasteiger partial charge >= 0.3 is 0 Å². The Morgan fingerprint density at radius 2 is 2.12 bits per heavy atom. The van der Waals surface area contributed by atoms with Gasteiger partial charge in [-0.1, -0.05) is 11.3 Å². The molecular formula is C9H12N6S2. The smallest absolute Gasteiger partial charge is 0.208 e. The Balaban J connectivity index is 2.13. The van der Waals surface area contributed by atoms with E-state index in [9.17, 15) is 0 Å². The van der Waals surface area contributed by atoms with E-state index in [0.29, 0.717) is 0 Å². The topological polar surface area (TPSA) is 66.8 Å². The van der Waals surface area contributed by atoms with Crippen LogP contribution in [0.1, 0.15) is 0 Å². The summed E-state index contributed by atoms with van der Waals surface area (Å²) in [5, 5.41) is 12.8. The molecule has 0 aliphatic carbocycles. The van der Waals surface area contributed by atoms with Crippen molar-refractivity contribution in [1.29, 1.82) is 0 Å². The summed E-state index contributed by atoms with van der Waals surface area (Å²) in [5.74, 6) is 0.743. The van der Waals surface area contributed by atoms with E-state index in [1.54, 1.807) is 12.4 Å². The Hall–Kier alpha value is -1.41. The summed E-state index contributed by atoms with van der Waals surface area (Å²) >= 11 is 2.99. The average Bonchev–Trinajstić information content (AvgIpc) is 2.78. The highest BCUT2D eigenvalue weighted by Gasteiger charge is 2.08. The predicted molar refractivity (Wildman–Crippen MR) is 69.9 cm³/mol. The molecule has 0 fully saturated rings. The highest BCUT2D eigenvalue weighted by Crippen LogP contribution is 2.31. The van der Waals surface area contributed by atoms with Crippen molar-refractivity contribution in [3.63, 3.8) is 0 Å². The molecule has 2 aromatic heterocycles. The van der Waals surface area contributed by atoms with Gasteiger partial charge in [0, 0.05) is 21.1 Å². The molecule has 0 saturated carbocycles. The van der Waals surface area contributed by atoms with Gasteiger partial charge in [-0.15, -0.1) is 10.2 Å². The van der Waals surface area contributed by atoms with Gasteiger partial charge in [0.1, 0.15) is 10.8 Å². The van der Waals surface area contributed by atoms with Crippen molar-refractivity contribution in [3.8, 4) is 0 Å². The number of nitrogens with zero attached hydrogens (tertiary/aromatic N) is 5. The quantitative estimate of drug-likeness (QED) is 0.903. The molecule has 17 heavy (non-hydrogen) atoms. The van der Waals surface area contributed by atoms with Gasteiger partial charge in [0.25, 0.3) is 0 Å². The number of hydrogen-bond acceptors (Lipinski definition) is 8. The molecule has 2 heterocycles. The lowest BCUT2D eigenvalue weighted by atomic mass is 10.7. The Bertz CT molecular complexity index is 498. The summed E-state index contributed by atoms with van der Waals surface area (Å²) < 4.78 is 0.858. The molecular weight excluding hydrogens is 256 g/mol. The van der Waals surface area contributed by atoms with Gasteiger partial charge < -0.3 is 10.2 Å². The number of anilines is 2. The van der Waals surface area contributed by atoms with Crippen LogP contribution in [0, 0.1) is 0 Å². The second-order valence-electron chi connectivity index (χ2n) is 3.34. The van der Waals surface area contributed by atoms with Crippen LogP contribution in [0.3, 0.4) is 0 Å². The van der Waals surface area contributed by atoms with Crippen LogP contribution in [0.5, 0.6) is 0 Å². The van der Waals surface area contributed by atoms with Crippen LogP contribution in [-0.2, 0) is 0 Å². The largest absolute Gasteiger partial charge is 0.372 e. The maximum absolute atomic E-state index is 4.36. The Labute approximate surface area is 108 Å². The molecule has 90 valence electrons. The van der Waals surface area contributed by atoms with Crippen LogP contribution >= 0.6 is 23.1 Å². The second-order valence-corrected chi connectivity index (χ2v) is 5.56. The first kappa shape index (κ1) is 12.1. The van der Waals surface area contributed by atoms with Crippen molar-refractivity contribution in [1.82, 2.24) is 20.2 Å². The number of aromatic nitrogens is 4. The minimum Gasteiger partial charge on any atom is -0.372 e. The van der Waals surface area contributed by atoms with Crippen LogP contribution in [0.15, 0.2) is 21.8 Å². The van der Waals surface area contributed by atoms with E-state index in [0.717, 1.165) is 20.3 Å². The van der Waals surface area contributed by atoms with Crippen LogP contribution in [0.4, 0.5) is 10.9 Å². The highest BCUT2D eigenvalue weighted by atomic mass is 32.2. The number of rotatable bonds is 4. The molecule has 0 amide bonds. The van der Waals surface area contributed by atoms with Crippen molar-refractivity contribution < 1.29 is 0 Å². The van der Waals surface area contributed by atoms with Gasteiger partial charge in [-0.2, -0.15) is 0 Å². The van der Waals surface area contributed by atoms with Gasteiger partial charge in [0.05, 0.1) is 12.4 Å². The third-order valence-electron chi connectivity index (χ3n) is 1.84. The fourth-order valence-corrected chi connectivity index (χ4v) is 2.70. The lowest BCUT2D eigenvalue weighted by molar-refractivity contribution is 0.968. The summed E-state index contributed by atoms with van der Waals surface area (Å²) in [6, 6.07) is 0. The SMILES string of the molecule is CNc1cncc(Sc2nnc(N(C)C)s2)n1. The molecule has 2 aromatic rings. The van der Waals surface area contributed by atoms with E-state index in [2.05, 4.69) is 25.5 Å². The molecule has 0 aromatic carbocycles.